The Morgan fingerprint density at radius 2 is 2.42 bits per heavy atom. The van der Waals surface area contributed by atoms with E-state index in [1.165, 1.54) is 0 Å². The number of nitrogens with two attached hydrogens (primary N) is 1. The van der Waals surface area contributed by atoms with Crippen molar-refractivity contribution in [3.8, 4) is 0 Å². The Kier molecular flexibility index (Phi) is 3.49. The molecule has 1 fully saturated rings. The van der Waals surface area contributed by atoms with Gasteiger partial charge in [-0.2, -0.15) is 0 Å². The van der Waals surface area contributed by atoms with E-state index < -0.39 is 0 Å². The second-order valence-corrected chi connectivity index (χ2v) is 3.22. The first-order valence-corrected chi connectivity index (χ1v) is 4.36. The SMILES string of the molecule is NCCC(=O)N1CC[C@H](CO)C1. The number of hydrogen-bond donors (Lipinski definition) is 2. The molecule has 4 nitrogen and oxygen atoms in total. The van der Waals surface area contributed by atoms with E-state index in [0.717, 1.165) is 13.0 Å². The Hall–Kier alpha value is -0.610. The number of amides is 1. The predicted molar refractivity (Wildman–Crippen MR) is 45.4 cm³/mol. The standard InChI is InChI=1S/C8H16N2O2/c9-3-1-8(12)10-4-2-7(5-10)6-11/h7,11H,1-6,9H2/t7-/m0/s1. The van der Waals surface area contributed by atoms with Crippen molar-refractivity contribution in [2.24, 2.45) is 11.7 Å². The molecule has 0 aromatic carbocycles. The van der Waals surface area contributed by atoms with Crippen molar-refractivity contribution in [2.75, 3.05) is 26.2 Å². The zero-order valence-electron chi connectivity index (χ0n) is 7.20. The molecule has 0 bridgehead atoms. The lowest BCUT2D eigenvalue weighted by molar-refractivity contribution is -0.130. The Morgan fingerprint density at radius 1 is 1.67 bits per heavy atom. The molecule has 0 aromatic rings. The van der Waals surface area contributed by atoms with Crippen molar-refractivity contribution in [2.45, 2.75) is 12.8 Å². The third-order valence-corrected chi connectivity index (χ3v) is 2.25. The van der Waals surface area contributed by atoms with Crippen LogP contribution in [0.5, 0.6) is 0 Å². The smallest absolute Gasteiger partial charge is 0.223 e. The molecule has 1 aliphatic heterocycles. The molecular formula is C8H16N2O2. The van der Waals surface area contributed by atoms with Gasteiger partial charge < -0.3 is 15.7 Å². The van der Waals surface area contributed by atoms with E-state index in [-0.39, 0.29) is 18.4 Å². The summed E-state index contributed by atoms with van der Waals surface area (Å²) in [5, 5.41) is 8.83. The molecule has 1 aliphatic rings. The van der Waals surface area contributed by atoms with Crippen LogP contribution in [0.4, 0.5) is 0 Å². The van der Waals surface area contributed by atoms with E-state index in [4.69, 9.17) is 10.8 Å². The highest BCUT2D eigenvalue weighted by Gasteiger charge is 2.24. The van der Waals surface area contributed by atoms with Crippen LogP contribution in [0.2, 0.25) is 0 Å². The minimum absolute atomic E-state index is 0.119. The van der Waals surface area contributed by atoms with Gasteiger partial charge in [0, 0.05) is 38.6 Å². The largest absolute Gasteiger partial charge is 0.396 e. The van der Waals surface area contributed by atoms with E-state index in [0.29, 0.717) is 19.5 Å². The zero-order chi connectivity index (χ0) is 8.97. The first-order valence-electron chi connectivity index (χ1n) is 4.36. The molecule has 1 heterocycles. The van der Waals surface area contributed by atoms with E-state index >= 15 is 0 Å². The number of carbonyl (C=O) groups is 1. The fourth-order valence-corrected chi connectivity index (χ4v) is 1.49. The third kappa shape index (κ3) is 2.19. The van der Waals surface area contributed by atoms with E-state index in [2.05, 4.69) is 0 Å². The molecule has 12 heavy (non-hydrogen) atoms. The van der Waals surface area contributed by atoms with Gasteiger partial charge >= 0.3 is 0 Å². The van der Waals surface area contributed by atoms with Crippen LogP contribution in [0, 0.1) is 5.92 Å². The number of hydrogen-bond acceptors (Lipinski definition) is 3. The maximum Gasteiger partial charge on any atom is 0.223 e. The number of aliphatic hydroxyl groups excluding tert-OH is 1. The number of aliphatic hydroxyl groups is 1. The van der Waals surface area contributed by atoms with Gasteiger partial charge in [0.2, 0.25) is 5.91 Å². The van der Waals surface area contributed by atoms with Gasteiger partial charge in [0.05, 0.1) is 0 Å². The van der Waals surface area contributed by atoms with Crippen LogP contribution in [0.3, 0.4) is 0 Å². The summed E-state index contributed by atoms with van der Waals surface area (Å²) in [5.41, 5.74) is 5.27. The maximum absolute atomic E-state index is 11.3. The average Bonchev–Trinajstić information content (AvgIpc) is 2.52. The molecular weight excluding hydrogens is 156 g/mol. The highest BCUT2D eigenvalue weighted by atomic mass is 16.3. The van der Waals surface area contributed by atoms with Crippen LogP contribution in [-0.2, 0) is 4.79 Å². The first-order chi connectivity index (χ1) is 5.77. The summed E-state index contributed by atoms with van der Waals surface area (Å²) in [6.45, 7) is 2.09. The van der Waals surface area contributed by atoms with Crippen LogP contribution in [0.1, 0.15) is 12.8 Å². The molecule has 0 radical (unpaired) electrons. The molecule has 0 spiro atoms. The van der Waals surface area contributed by atoms with Crippen LogP contribution in [0.25, 0.3) is 0 Å². The van der Waals surface area contributed by atoms with Crippen molar-refractivity contribution >= 4 is 5.91 Å². The Morgan fingerprint density at radius 3 is 2.92 bits per heavy atom. The lowest BCUT2D eigenvalue weighted by atomic mass is 10.1. The zero-order valence-corrected chi connectivity index (χ0v) is 7.20. The van der Waals surface area contributed by atoms with Crippen LogP contribution >= 0.6 is 0 Å². The maximum atomic E-state index is 11.3. The summed E-state index contributed by atoms with van der Waals surface area (Å²) in [5.74, 6) is 0.403. The second-order valence-electron chi connectivity index (χ2n) is 3.22. The molecule has 0 unspecified atom stereocenters. The summed E-state index contributed by atoms with van der Waals surface area (Å²) in [6.07, 6.45) is 1.35. The summed E-state index contributed by atoms with van der Waals surface area (Å²) in [7, 11) is 0. The van der Waals surface area contributed by atoms with E-state index in [1.54, 1.807) is 4.90 Å². The van der Waals surface area contributed by atoms with E-state index in [9.17, 15) is 4.79 Å². The molecule has 4 heteroatoms. The lowest BCUT2D eigenvalue weighted by Gasteiger charge is -2.15. The van der Waals surface area contributed by atoms with Gasteiger partial charge in [-0.15, -0.1) is 0 Å². The van der Waals surface area contributed by atoms with Gasteiger partial charge in [-0.3, -0.25) is 4.79 Å². The number of likely N-dealkylation sites (tertiary alicyclic amines) is 1. The number of nitrogens with zero attached hydrogens (tertiary/aromatic N) is 1. The molecule has 3 N–H and O–H groups in total. The quantitative estimate of drug-likeness (QED) is 0.584. The van der Waals surface area contributed by atoms with Gasteiger partial charge in [-0.1, -0.05) is 0 Å². The lowest BCUT2D eigenvalue weighted by Crippen LogP contribution is -2.30. The second kappa shape index (κ2) is 4.42. The normalized spacial score (nSPS) is 23.2. The van der Waals surface area contributed by atoms with Gasteiger partial charge in [0.1, 0.15) is 0 Å². The Balaban J connectivity index is 2.31. The first kappa shape index (κ1) is 9.48. The Bertz CT molecular complexity index is 161. The molecule has 1 saturated heterocycles. The topological polar surface area (TPSA) is 66.6 Å². The van der Waals surface area contributed by atoms with Gasteiger partial charge in [-0.05, 0) is 6.42 Å². The molecule has 0 saturated carbocycles. The monoisotopic (exact) mass is 172 g/mol. The molecule has 1 atom stereocenters. The van der Waals surface area contributed by atoms with Crippen LogP contribution < -0.4 is 5.73 Å². The van der Waals surface area contributed by atoms with Crippen molar-refractivity contribution in [1.29, 1.82) is 0 Å². The minimum atomic E-state index is 0.119. The average molecular weight is 172 g/mol. The van der Waals surface area contributed by atoms with Crippen molar-refractivity contribution in [1.82, 2.24) is 4.90 Å². The molecule has 1 rings (SSSR count). The van der Waals surface area contributed by atoms with Gasteiger partial charge in [0.25, 0.3) is 0 Å². The Labute approximate surface area is 72.3 Å². The molecule has 0 aromatic heterocycles. The van der Waals surface area contributed by atoms with Gasteiger partial charge in [0.15, 0.2) is 0 Å². The number of rotatable bonds is 3. The summed E-state index contributed by atoms with van der Waals surface area (Å²) < 4.78 is 0. The fraction of sp³-hybridized carbons (Fsp3) is 0.875. The molecule has 0 aliphatic carbocycles. The molecule has 1 amide bonds. The summed E-state index contributed by atoms with van der Waals surface area (Å²) in [4.78, 5) is 13.1. The third-order valence-electron chi connectivity index (χ3n) is 2.25. The van der Waals surface area contributed by atoms with Crippen molar-refractivity contribution in [3.63, 3.8) is 0 Å². The highest BCUT2D eigenvalue weighted by molar-refractivity contribution is 5.76. The van der Waals surface area contributed by atoms with Crippen LogP contribution in [-0.4, -0.2) is 42.2 Å². The van der Waals surface area contributed by atoms with Crippen molar-refractivity contribution in [3.05, 3.63) is 0 Å². The van der Waals surface area contributed by atoms with Crippen LogP contribution in [0.15, 0.2) is 0 Å². The molecule has 70 valence electrons. The van der Waals surface area contributed by atoms with E-state index in [1.807, 2.05) is 0 Å². The highest BCUT2D eigenvalue weighted by Crippen LogP contribution is 2.15. The summed E-state index contributed by atoms with van der Waals surface area (Å²) >= 11 is 0. The summed E-state index contributed by atoms with van der Waals surface area (Å²) in [6, 6.07) is 0. The number of carbonyl (C=O) groups excluding carboxylic acids is 1. The predicted octanol–water partition coefficient (Wildman–Crippen LogP) is -0.824. The van der Waals surface area contributed by atoms with Crippen molar-refractivity contribution < 1.29 is 9.90 Å². The minimum Gasteiger partial charge on any atom is -0.396 e. The van der Waals surface area contributed by atoms with Gasteiger partial charge in [-0.25, -0.2) is 0 Å². The fourth-order valence-electron chi connectivity index (χ4n) is 1.49.